The van der Waals surface area contributed by atoms with Gasteiger partial charge in [-0.05, 0) is 49.7 Å². The summed E-state index contributed by atoms with van der Waals surface area (Å²) in [4.78, 5) is 61.2. The fourth-order valence-corrected chi connectivity index (χ4v) is 5.95. The van der Waals surface area contributed by atoms with Crippen molar-refractivity contribution < 1.29 is 37.6 Å². The van der Waals surface area contributed by atoms with Gasteiger partial charge in [-0.2, -0.15) is 10.00 Å². The molecule has 2 aliphatic rings. The highest BCUT2D eigenvalue weighted by molar-refractivity contribution is 7.46. The lowest BCUT2D eigenvalue weighted by Gasteiger charge is -2.31. The van der Waals surface area contributed by atoms with Crippen molar-refractivity contribution in [2.75, 3.05) is 31.1 Å². The lowest BCUT2D eigenvalue weighted by molar-refractivity contribution is -1.02. The molecule has 0 bridgehead atoms. The number of nitrogens with zero attached hydrogens (tertiary/aromatic N) is 4. The molecule has 0 aliphatic carbocycles. The van der Waals surface area contributed by atoms with Crippen LogP contribution in [0.3, 0.4) is 0 Å². The van der Waals surface area contributed by atoms with Crippen molar-refractivity contribution in [2.24, 2.45) is 0 Å². The Morgan fingerprint density at radius 2 is 1.82 bits per heavy atom. The molecule has 2 fully saturated rings. The van der Waals surface area contributed by atoms with E-state index in [-0.39, 0.29) is 30.8 Å². The van der Waals surface area contributed by atoms with Crippen LogP contribution in [0.5, 0.6) is 0 Å². The number of amides is 3. The van der Waals surface area contributed by atoms with Gasteiger partial charge >= 0.3 is 13.9 Å². The first-order valence-corrected chi connectivity index (χ1v) is 14.0. The van der Waals surface area contributed by atoms with E-state index in [0.717, 1.165) is 32.0 Å². The minimum absolute atomic E-state index is 0.143. The second kappa shape index (κ2) is 10.3. The molecule has 2 atom stereocenters. The average Bonchev–Trinajstić information content (AvgIpc) is 3.48. The number of carbonyl (C=O) groups is 2. The van der Waals surface area contributed by atoms with E-state index in [4.69, 9.17) is 4.62 Å². The minimum Gasteiger partial charge on any atom is -0.300 e. The summed E-state index contributed by atoms with van der Waals surface area (Å²) in [5.41, 5.74) is 0.265. The number of likely N-dealkylation sites (tertiary alicyclic amines) is 1. The number of phosphoric acid groups is 1. The number of hydroxylamine groups is 3. The number of hydrogen-bond acceptors (Lipinski definition) is 7. The molecule has 5 rings (SSSR count). The number of anilines is 1. The van der Waals surface area contributed by atoms with Crippen molar-refractivity contribution in [3.63, 3.8) is 0 Å². The van der Waals surface area contributed by atoms with E-state index in [2.05, 4.69) is 10.2 Å². The number of quaternary nitrogens is 1. The fourth-order valence-electron chi connectivity index (χ4n) is 5.28. The SMILES string of the molecule is CC1C(=O)N(c2cc(Cc3n[nH]c(=O)c4ccccc34)ccc2F)C(=O)[N+]1(CCN1CCCC1)OP(=O)(O)O. The second-order valence-electron chi connectivity index (χ2n) is 9.78. The number of fused-ring (bicyclic) bond motifs is 1. The Labute approximate surface area is 222 Å². The molecule has 14 heteroatoms. The van der Waals surface area contributed by atoms with E-state index < -0.39 is 36.3 Å². The molecule has 3 heterocycles. The zero-order valence-electron chi connectivity index (χ0n) is 21.1. The Bertz CT molecular complexity index is 1550. The molecule has 0 saturated carbocycles. The molecule has 2 aromatic carbocycles. The second-order valence-corrected chi connectivity index (χ2v) is 10.9. The van der Waals surface area contributed by atoms with Crippen molar-refractivity contribution in [3.8, 4) is 0 Å². The summed E-state index contributed by atoms with van der Waals surface area (Å²) in [5, 5.41) is 7.59. The molecule has 206 valence electrons. The van der Waals surface area contributed by atoms with Crippen LogP contribution in [0, 0.1) is 5.82 Å². The van der Waals surface area contributed by atoms with Crippen molar-refractivity contribution in [1.29, 1.82) is 0 Å². The number of halogens is 1. The number of imide groups is 1. The summed E-state index contributed by atoms with van der Waals surface area (Å²) in [6.45, 7) is 2.88. The van der Waals surface area contributed by atoms with Gasteiger partial charge in [0.05, 0.1) is 23.3 Å². The summed E-state index contributed by atoms with van der Waals surface area (Å²) in [6.07, 6.45) is 2.04. The Balaban J connectivity index is 1.50. The Morgan fingerprint density at radius 3 is 2.51 bits per heavy atom. The summed E-state index contributed by atoms with van der Waals surface area (Å²) < 4.78 is 30.8. The number of benzene rings is 2. The maximum Gasteiger partial charge on any atom is 0.516 e. The van der Waals surface area contributed by atoms with Gasteiger partial charge in [-0.15, -0.1) is 0 Å². The number of aromatic amines is 1. The van der Waals surface area contributed by atoms with Crippen LogP contribution in [0.1, 0.15) is 31.0 Å². The largest absolute Gasteiger partial charge is 0.516 e. The Kier molecular flexibility index (Phi) is 7.23. The maximum atomic E-state index is 15.1. The van der Waals surface area contributed by atoms with Crippen molar-refractivity contribution in [2.45, 2.75) is 32.2 Å². The molecular weight excluding hydrogens is 532 g/mol. The molecule has 12 nitrogen and oxygen atoms in total. The summed E-state index contributed by atoms with van der Waals surface area (Å²) >= 11 is 0. The zero-order valence-corrected chi connectivity index (χ0v) is 22.0. The third-order valence-electron chi connectivity index (χ3n) is 7.32. The zero-order chi connectivity index (χ0) is 27.9. The number of urea groups is 1. The monoisotopic (exact) mass is 560 g/mol. The molecule has 1 aromatic heterocycles. The highest BCUT2D eigenvalue weighted by atomic mass is 31.2. The predicted octanol–water partition coefficient (Wildman–Crippen LogP) is 2.45. The van der Waals surface area contributed by atoms with Gasteiger partial charge < -0.3 is 0 Å². The van der Waals surface area contributed by atoms with Crippen LogP contribution < -0.4 is 10.5 Å². The van der Waals surface area contributed by atoms with Crippen molar-refractivity contribution in [3.05, 3.63) is 69.9 Å². The van der Waals surface area contributed by atoms with E-state index in [1.165, 1.54) is 19.1 Å². The topological polar surface area (TPSA) is 153 Å². The average molecular weight is 560 g/mol. The lowest BCUT2D eigenvalue weighted by Crippen LogP contribution is -2.57. The van der Waals surface area contributed by atoms with Crippen LogP contribution in [0.4, 0.5) is 14.9 Å². The van der Waals surface area contributed by atoms with Crippen molar-refractivity contribution in [1.82, 2.24) is 15.1 Å². The smallest absolute Gasteiger partial charge is 0.300 e. The van der Waals surface area contributed by atoms with E-state index in [9.17, 15) is 28.7 Å². The molecule has 39 heavy (non-hydrogen) atoms. The van der Waals surface area contributed by atoms with E-state index in [1.807, 2.05) is 4.90 Å². The number of carbonyl (C=O) groups excluding carboxylic acids is 2. The van der Waals surface area contributed by atoms with E-state index >= 15 is 4.39 Å². The number of aromatic nitrogens is 2. The van der Waals surface area contributed by atoms with E-state index in [1.54, 1.807) is 24.3 Å². The maximum absolute atomic E-state index is 15.1. The molecule has 3 amide bonds. The van der Waals surface area contributed by atoms with Gasteiger partial charge in [0.2, 0.25) is 6.04 Å². The van der Waals surface area contributed by atoms with Gasteiger partial charge in [0.15, 0.2) is 0 Å². The normalized spacial score (nSPS) is 22.4. The molecule has 2 saturated heterocycles. The third-order valence-corrected chi connectivity index (χ3v) is 7.82. The first kappa shape index (κ1) is 27.3. The van der Waals surface area contributed by atoms with Crippen molar-refractivity contribution >= 4 is 36.2 Å². The summed E-state index contributed by atoms with van der Waals surface area (Å²) in [6, 6.07) is 8.33. The van der Waals surface area contributed by atoms with Gasteiger partial charge in [-0.3, -0.25) is 24.3 Å². The molecular formula is C25H28FN5O7P+. The lowest BCUT2D eigenvalue weighted by atomic mass is 10.0. The molecule has 0 radical (unpaired) electrons. The van der Waals surface area contributed by atoms with Gasteiger partial charge in [0, 0.05) is 18.7 Å². The molecule has 3 aromatic rings. The molecule has 2 aliphatic heterocycles. The minimum atomic E-state index is -5.23. The third kappa shape index (κ3) is 5.17. The quantitative estimate of drug-likeness (QED) is 0.214. The van der Waals surface area contributed by atoms with E-state index in [0.29, 0.717) is 26.9 Å². The number of rotatable bonds is 8. The molecule has 2 unspecified atom stereocenters. The van der Waals surface area contributed by atoms with Gasteiger partial charge in [-0.1, -0.05) is 33.5 Å². The van der Waals surface area contributed by atoms with Crippen LogP contribution in [-0.2, 0) is 20.4 Å². The number of H-pyrrole nitrogens is 1. The number of hydrogen-bond donors (Lipinski definition) is 3. The standard InChI is InChI=1S/C25H27FN5O7P/c1-16-24(33)30(25(34)31(16,38-39(35,36)37)13-12-29-10-4-5-11-29)22-15-17(8-9-20(22)26)14-21-18-6-2-3-7-19(18)23(32)28-27-21/h2-3,6-9,15-16H,4-5,10-14H2,1H3,(H2-,28,32,35,36,37)/p+1. The predicted molar refractivity (Wildman–Crippen MR) is 138 cm³/mol. The number of nitrogens with one attached hydrogen (secondary N) is 1. The first-order chi connectivity index (χ1) is 18.5. The Hall–Kier alpha value is -3.32. The highest BCUT2D eigenvalue weighted by Gasteiger charge is 2.64. The van der Waals surface area contributed by atoms with Crippen LogP contribution in [0.25, 0.3) is 10.8 Å². The van der Waals surface area contributed by atoms with Crippen LogP contribution >= 0.6 is 7.82 Å². The van der Waals surface area contributed by atoms with Gasteiger partial charge in [0.1, 0.15) is 12.4 Å². The summed E-state index contributed by atoms with van der Waals surface area (Å²) in [5.74, 6) is -1.72. The fraction of sp³-hybridized carbons (Fsp3) is 0.360. The van der Waals surface area contributed by atoms with Crippen LogP contribution in [0.2, 0.25) is 0 Å². The molecule has 3 N–H and O–H groups in total. The first-order valence-electron chi connectivity index (χ1n) is 12.5. The molecule has 0 spiro atoms. The van der Waals surface area contributed by atoms with Gasteiger partial charge in [-0.25, -0.2) is 18.8 Å². The van der Waals surface area contributed by atoms with Crippen LogP contribution in [-0.4, -0.2) is 73.7 Å². The van der Waals surface area contributed by atoms with Crippen LogP contribution in [0.15, 0.2) is 47.3 Å². The highest BCUT2D eigenvalue weighted by Crippen LogP contribution is 2.46. The summed E-state index contributed by atoms with van der Waals surface area (Å²) in [7, 11) is -5.23. The Morgan fingerprint density at radius 1 is 1.13 bits per heavy atom. The van der Waals surface area contributed by atoms with Gasteiger partial charge in [0.25, 0.3) is 11.5 Å².